The SMILES string of the molecule is Cc1ccccc1N1CCN(Cc2noc(C3CC3)n2)CC1=O. The lowest BCUT2D eigenvalue weighted by molar-refractivity contribution is -0.121. The summed E-state index contributed by atoms with van der Waals surface area (Å²) in [6.07, 6.45) is 2.30. The number of carbonyl (C=O) groups excluding carboxylic acids is 1. The first kappa shape index (κ1) is 14.4. The van der Waals surface area contributed by atoms with E-state index in [2.05, 4.69) is 15.0 Å². The van der Waals surface area contributed by atoms with E-state index in [1.165, 1.54) is 0 Å². The summed E-state index contributed by atoms with van der Waals surface area (Å²) in [5.74, 6) is 2.03. The third-order valence-electron chi connectivity index (χ3n) is 4.48. The van der Waals surface area contributed by atoms with Crippen molar-refractivity contribution in [2.75, 3.05) is 24.5 Å². The molecule has 0 spiro atoms. The maximum atomic E-state index is 12.5. The number of anilines is 1. The Hall–Kier alpha value is -2.21. The third kappa shape index (κ3) is 2.99. The van der Waals surface area contributed by atoms with Crippen molar-refractivity contribution in [1.82, 2.24) is 15.0 Å². The summed E-state index contributed by atoms with van der Waals surface area (Å²) in [7, 11) is 0. The zero-order chi connectivity index (χ0) is 15.8. The van der Waals surface area contributed by atoms with Crippen molar-refractivity contribution in [2.24, 2.45) is 0 Å². The van der Waals surface area contributed by atoms with Gasteiger partial charge in [-0.2, -0.15) is 4.98 Å². The Morgan fingerprint density at radius 1 is 1.26 bits per heavy atom. The van der Waals surface area contributed by atoms with Gasteiger partial charge in [-0.3, -0.25) is 9.69 Å². The number of rotatable bonds is 4. The fraction of sp³-hybridized carbons (Fsp3) is 0.471. The Balaban J connectivity index is 1.40. The summed E-state index contributed by atoms with van der Waals surface area (Å²) in [6, 6.07) is 8.01. The van der Waals surface area contributed by atoms with Crippen molar-refractivity contribution in [2.45, 2.75) is 32.2 Å². The van der Waals surface area contributed by atoms with E-state index in [0.29, 0.717) is 31.4 Å². The first-order valence-electron chi connectivity index (χ1n) is 8.11. The predicted molar refractivity (Wildman–Crippen MR) is 85.1 cm³/mol. The Morgan fingerprint density at radius 2 is 2.09 bits per heavy atom. The van der Waals surface area contributed by atoms with Crippen LogP contribution in [0, 0.1) is 6.92 Å². The van der Waals surface area contributed by atoms with Crippen molar-refractivity contribution >= 4 is 11.6 Å². The van der Waals surface area contributed by atoms with Crippen LogP contribution in [0.5, 0.6) is 0 Å². The van der Waals surface area contributed by atoms with Crippen LogP contribution in [0.25, 0.3) is 0 Å². The summed E-state index contributed by atoms with van der Waals surface area (Å²) >= 11 is 0. The second-order valence-electron chi connectivity index (χ2n) is 6.37. The smallest absolute Gasteiger partial charge is 0.241 e. The zero-order valence-corrected chi connectivity index (χ0v) is 13.2. The fourth-order valence-corrected chi connectivity index (χ4v) is 3.01. The maximum absolute atomic E-state index is 12.5. The number of nitrogens with zero attached hydrogens (tertiary/aromatic N) is 4. The number of carbonyl (C=O) groups is 1. The number of aromatic nitrogens is 2. The van der Waals surface area contributed by atoms with Crippen LogP contribution in [-0.4, -0.2) is 40.6 Å². The van der Waals surface area contributed by atoms with Gasteiger partial charge in [-0.15, -0.1) is 0 Å². The molecule has 0 radical (unpaired) electrons. The van der Waals surface area contributed by atoms with Gasteiger partial charge in [0, 0.05) is 24.7 Å². The van der Waals surface area contributed by atoms with Crippen molar-refractivity contribution in [3.8, 4) is 0 Å². The van der Waals surface area contributed by atoms with Gasteiger partial charge in [-0.25, -0.2) is 0 Å². The molecule has 2 fully saturated rings. The minimum absolute atomic E-state index is 0.122. The summed E-state index contributed by atoms with van der Waals surface area (Å²) < 4.78 is 5.28. The average Bonchev–Trinajstić information content (AvgIpc) is 3.29. The highest BCUT2D eigenvalue weighted by Gasteiger charge is 2.31. The molecular formula is C17H20N4O2. The first-order valence-corrected chi connectivity index (χ1v) is 8.11. The Kier molecular flexibility index (Phi) is 3.61. The van der Waals surface area contributed by atoms with E-state index in [1.807, 2.05) is 36.1 Å². The van der Waals surface area contributed by atoms with E-state index in [0.717, 1.165) is 36.5 Å². The minimum atomic E-state index is 0.122. The van der Waals surface area contributed by atoms with E-state index in [4.69, 9.17) is 4.52 Å². The Bertz CT molecular complexity index is 723. The monoisotopic (exact) mass is 312 g/mol. The third-order valence-corrected chi connectivity index (χ3v) is 4.48. The molecule has 0 unspecified atom stereocenters. The molecule has 4 rings (SSSR count). The molecule has 1 saturated heterocycles. The molecule has 1 aromatic carbocycles. The zero-order valence-electron chi connectivity index (χ0n) is 13.2. The molecule has 1 aliphatic heterocycles. The molecule has 6 heteroatoms. The molecule has 1 amide bonds. The highest BCUT2D eigenvalue weighted by atomic mass is 16.5. The maximum Gasteiger partial charge on any atom is 0.241 e. The largest absolute Gasteiger partial charge is 0.339 e. The van der Waals surface area contributed by atoms with E-state index >= 15 is 0 Å². The average molecular weight is 312 g/mol. The lowest BCUT2D eigenvalue weighted by Crippen LogP contribution is -2.50. The van der Waals surface area contributed by atoms with Gasteiger partial charge in [0.1, 0.15) is 0 Å². The molecular weight excluding hydrogens is 292 g/mol. The quantitative estimate of drug-likeness (QED) is 0.865. The fourth-order valence-electron chi connectivity index (χ4n) is 3.01. The van der Waals surface area contributed by atoms with Crippen molar-refractivity contribution < 1.29 is 9.32 Å². The van der Waals surface area contributed by atoms with Crippen molar-refractivity contribution in [3.05, 3.63) is 41.5 Å². The molecule has 6 nitrogen and oxygen atoms in total. The molecule has 0 N–H and O–H groups in total. The molecule has 0 atom stereocenters. The van der Waals surface area contributed by atoms with E-state index < -0.39 is 0 Å². The molecule has 1 saturated carbocycles. The van der Waals surface area contributed by atoms with Gasteiger partial charge < -0.3 is 9.42 Å². The van der Waals surface area contributed by atoms with Crippen LogP contribution in [0.4, 0.5) is 5.69 Å². The summed E-state index contributed by atoms with van der Waals surface area (Å²) in [5, 5.41) is 4.04. The predicted octanol–water partition coefficient (Wildman–Crippen LogP) is 2.10. The van der Waals surface area contributed by atoms with Crippen molar-refractivity contribution in [1.29, 1.82) is 0 Å². The summed E-state index contributed by atoms with van der Waals surface area (Å²) in [6.45, 7) is 4.50. The number of hydrogen-bond acceptors (Lipinski definition) is 5. The van der Waals surface area contributed by atoms with E-state index in [9.17, 15) is 4.79 Å². The molecule has 23 heavy (non-hydrogen) atoms. The molecule has 2 aromatic rings. The van der Waals surface area contributed by atoms with E-state index in [1.54, 1.807) is 0 Å². The minimum Gasteiger partial charge on any atom is -0.339 e. The van der Waals surface area contributed by atoms with Gasteiger partial charge in [-0.05, 0) is 31.4 Å². The summed E-state index contributed by atoms with van der Waals surface area (Å²) in [5.41, 5.74) is 2.13. The number of aryl methyl sites for hydroxylation is 1. The van der Waals surface area contributed by atoms with Crippen LogP contribution in [-0.2, 0) is 11.3 Å². The van der Waals surface area contributed by atoms with Crippen LogP contribution < -0.4 is 4.90 Å². The summed E-state index contributed by atoms with van der Waals surface area (Å²) in [4.78, 5) is 20.9. The topological polar surface area (TPSA) is 62.5 Å². The highest BCUT2D eigenvalue weighted by Crippen LogP contribution is 2.38. The van der Waals surface area contributed by atoms with Gasteiger partial charge in [0.25, 0.3) is 0 Å². The number of benzene rings is 1. The number of hydrogen-bond donors (Lipinski definition) is 0. The normalized spacial score (nSPS) is 19.3. The molecule has 2 heterocycles. The first-order chi connectivity index (χ1) is 11.2. The van der Waals surface area contributed by atoms with Crippen LogP contribution >= 0.6 is 0 Å². The Morgan fingerprint density at radius 3 is 2.83 bits per heavy atom. The van der Waals surface area contributed by atoms with Crippen LogP contribution in [0.2, 0.25) is 0 Å². The lowest BCUT2D eigenvalue weighted by Gasteiger charge is -2.34. The van der Waals surface area contributed by atoms with Crippen LogP contribution in [0.1, 0.15) is 36.0 Å². The van der Waals surface area contributed by atoms with Crippen molar-refractivity contribution in [3.63, 3.8) is 0 Å². The van der Waals surface area contributed by atoms with Gasteiger partial charge >= 0.3 is 0 Å². The second-order valence-corrected chi connectivity index (χ2v) is 6.37. The Labute approximate surface area is 135 Å². The van der Waals surface area contributed by atoms with Gasteiger partial charge in [-0.1, -0.05) is 23.4 Å². The number of para-hydroxylation sites is 1. The van der Waals surface area contributed by atoms with Crippen LogP contribution in [0.3, 0.4) is 0 Å². The number of amides is 1. The lowest BCUT2D eigenvalue weighted by atomic mass is 10.1. The highest BCUT2D eigenvalue weighted by molar-refractivity contribution is 5.96. The molecule has 1 aliphatic carbocycles. The molecule has 0 bridgehead atoms. The van der Waals surface area contributed by atoms with Gasteiger partial charge in [0.15, 0.2) is 5.82 Å². The standard InChI is InChI=1S/C17H20N4O2/c1-12-4-2-3-5-14(12)21-9-8-20(11-16(21)22)10-15-18-17(23-19-15)13-6-7-13/h2-5,13H,6-11H2,1H3. The molecule has 1 aromatic heterocycles. The second kappa shape index (κ2) is 5.77. The molecule has 120 valence electrons. The molecule has 2 aliphatic rings. The van der Waals surface area contributed by atoms with E-state index in [-0.39, 0.29) is 5.91 Å². The van der Waals surface area contributed by atoms with Crippen LogP contribution in [0.15, 0.2) is 28.8 Å². The van der Waals surface area contributed by atoms with Gasteiger partial charge in [0.05, 0.1) is 13.1 Å². The van der Waals surface area contributed by atoms with Gasteiger partial charge in [0.2, 0.25) is 11.8 Å². The number of piperazine rings is 1.